The Labute approximate surface area is 89.9 Å². The average Bonchev–Trinajstić information content (AvgIpc) is 3.02. The van der Waals surface area contributed by atoms with Crippen molar-refractivity contribution in [2.45, 2.75) is 24.9 Å². The van der Waals surface area contributed by atoms with E-state index >= 15 is 0 Å². The third kappa shape index (κ3) is 1.85. The zero-order valence-corrected chi connectivity index (χ0v) is 8.99. The molecule has 1 fully saturated rings. The summed E-state index contributed by atoms with van der Waals surface area (Å²) in [6.07, 6.45) is 2.26. The van der Waals surface area contributed by atoms with E-state index < -0.39 is 0 Å². The number of hydrogen-bond donors (Lipinski definition) is 2. The molecule has 82 valence electrons. The molecule has 1 saturated carbocycles. The Hall–Kier alpha value is -1.06. The third-order valence-corrected chi connectivity index (χ3v) is 3.24. The molecule has 0 unspecified atom stereocenters. The van der Waals surface area contributed by atoms with E-state index in [9.17, 15) is 5.11 Å². The molecule has 1 aromatic carbocycles. The summed E-state index contributed by atoms with van der Waals surface area (Å²) in [5.74, 6) is 0.314. The Morgan fingerprint density at radius 2 is 2.20 bits per heavy atom. The van der Waals surface area contributed by atoms with Crippen molar-refractivity contribution < 1.29 is 9.84 Å². The molecule has 0 spiro atoms. The van der Waals surface area contributed by atoms with Gasteiger partial charge >= 0.3 is 0 Å². The smallest absolute Gasteiger partial charge is 0.121 e. The lowest BCUT2D eigenvalue weighted by Crippen LogP contribution is -2.19. The van der Waals surface area contributed by atoms with Gasteiger partial charge in [0.15, 0.2) is 0 Å². The topological polar surface area (TPSA) is 55.5 Å². The fourth-order valence-corrected chi connectivity index (χ4v) is 1.93. The molecule has 3 N–H and O–H groups in total. The molecule has 1 aromatic rings. The average molecular weight is 207 g/mol. The maximum Gasteiger partial charge on any atom is 0.121 e. The van der Waals surface area contributed by atoms with Gasteiger partial charge in [0.2, 0.25) is 0 Å². The number of nitrogens with two attached hydrogens (primary N) is 1. The summed E-state index contributed by atoms with van der Waals surface area (Å²) in [5.41, 5.74) is 7.87. The predicted molar refractivity (Wildman–Crippen MR) is 58.8 cm³/mol. The highest BCUT2D eigenvalue weighted by atomic mass is 16.5. The first kappa shape index (κ1) is 10.5. The summed E-state index contributed by atoms with van der Waals surface area (Å²) in [5, 5.41) is 9.79. The summed E-state index contributed by atoms with van der Waals surface area (Å²) in [4.78, 5) is 0. The van der Waals surface area contributed by atoms with Crippen molar-refractivity contribution in [3.05, 3.63) is 29.3 Å². The van der Waals surface area contributed by atoms with E-state index in [1.165, 1.54) is 0 Å². The number of rotatable bonds is 4. The molecule has 0 aliphatic heterocycles. The first-order valence-corrected chi connectivity index (χ1v) is 5.23. The van der Waals surface area contributed by atoms with Gasteiger partial charge in [-0.3, -0.25) is 0 Å². The minimum absolute atomic E-state index is 0.142. The van der Waals surface area contributed by atoms with Crippen LogP contribution in [0.2, 0.25) is 0 Å². The van der Waals surface area contributed by atoms with E-state index in [4.69, 9.17) is 10.5 Å². The van der Waals surface area contributed by atoms with Crippen LogP contribution in [-0.4, -0.2) is 18.8 Å². The normalized spacial score (nSPS) is 17.7. The highest BCUT2D eigenvalue weighted by Crippen LogP contribution is 2.48. The lowest BCUT2D eigenvalue weighted by atomic mass is 9.95. The van der Waals surface area contributed by atoms with Gasteiger partial charge in [-0.15, -0.1) is 0 Å². The van der Waals surface area contributed by atoms with E-state index in [-0.39, 0.29) is 5.41 Å². The van der Waals surface area contributed by atoms with Crippen molar-refractivity contribution in [2.75, 3.05) is 13.7 Å². The Morgan fingerprint density at radius 1 is 1.47 bits per heavy atom. The predicted octanol–water partition coefficient (Wildman–Crippen LogP) is 1.53. The van der Waals surface area contributed by atoms with E-state index in [2.05, 4.69) is 0 Å². The molecule has 3 heteroatoms. The summed E-state index contributed by atoms with van der Waals surface area (Å²) in [7, 11) is 1.62. The Bertz CT molecular complexity index is 359. The second-order valence-electron chi connectivity index (χ2n) is 4.26. The molecule has 0 aromatic heterocycles. The van der Waals surface area contributed by atoms with Gasteiger partial charge in [0, 0.05) is 24.6 Å². The van der Waals surface area contributed by atoms with Crippen LogP contribution in [0, 0.1) is 0 Å². The van der Waals surface area contributed by atoms with Gasteiger partial charge in [0.05, 0.1) is 6.61 Å². The van der Waals surface area contributed by atoms with Crippen molar-refractivity contribution in [2.24, 2.45) is 5.73 Å². The van der Waals surface area contributed by atoms with Gasteiger partial charge in [0.25, 0.3) is 0 Å². The molecule has 0 heterocycles. The summed E-state index contributed by atoms with van der Waals surface area (Å²) >= 11 is 0. The number of methoxy groups -OCH3 is 1. The first-order chi connectivity index (χ1) is 7.22. The van der Waals surface area contributed by atoms with Crippen molar-refractivity contribution in [3.63, 3.8) is 0 Å². The molecule has 0 radical (unpaired) electrons. The molecule has 0 saturated heterocycles. The molecule has 0 bridgehead atoms. The zero-order valence-electron chi connectivity index (χ0n) is 8.99. The van der Waals surface area contributed by atoms with Crippen LogP contribution in [0.15, 0.2) is 18.2 Å². The Kier molecular flexibility index (Phi) is 2.67. The van der Waals surface area contributed by atoms with Gasteiger partial charge in [0.1, 0.15) is 5.75 Å². The molecular formula is C12H17NO2. The van der Waals surface area contributed by atoms with Crippen molar-refractivity contribution in [1.29, 1.82) is 0 Å². The maximum absolute atomic E-state index is 9.79. The number of benzene rings is 1. The molecule has 0 amide bonds. The van der Waals surface area contributed by atoms with Gasteiger partial charge in [-0.1, -0.05) is 12.1 Å². The quantitative estimate of drug-likeness (QED) is 0.787. The molecule has 2 rings (SSSR count). The zero-order chi connectivity index (χ0) is 10.9. The summed E-state index contributed by atoms with van der Waals surface area (Å²) in [6, 6.07) is 5.80. The van der Waals surface area contributed by atoms with Crippen molar-refractivity contribution in [3.8, 4) is 5.75 Å². The number of phenols is 1. The summed E-state index contributed by atoms with van der Waals surface area (Å²) < 4.78 is 4.99. The number of phenolic OH excluding ortho intramolecular Hbond substituents is 1. The molecule has 0 atom stereocenters. The largest absolute Gasteiger partial charge is 0.508 e. The molecule has 3 nitrogen and oxygen atoms in total. The summed E-state index contributed by atoms with van der Waals surface area (Å²) in [6.45, 7) is 1.11. The monoisotopic (exact) mass is 207 g/mol. The second-order valence-corrected chi connectivity index (χ2v) is 4.26. The van der Waals surface area contributed by atoms with Crippen molar-refractivity contribution in [1.82, 2.24) is 0 Å². The number of ether oxygens (including phenoxy) is 1. The molecule has 15 heavy (non-hydrogen) atoms. The van der Waals surface area contributed by atoms with Crippen LogP contribution < -0.4 is 5.73 Å². The lowest BCUT2D eigenvalue weighted by Gasteiger charge is -2.14. The number of hydrogen-bond acceptors (Lipinski definition) is 3. The van der Waals surface area contributed by atoms with Crippen LogP contribution in [0.3, 0.4) is 0 Å². The highest BCUT2D eigenvalue weighted by Gasteiger charge is 2.42. The first-order valence-electron chi connectivity index (χ1n) is 5.23. The van der Waals surface area contributed by atoms with E-state index in [1.807, 2.05) is 18.2 Å². The van der Waals surface area contributed by atoms with Gasteiger partial charge in [-0.25, -0.2) is 0 Å². The van der Waals surface area contributed by atoms with Gasteiger partial charge in [-0.2, -0.15) is 0 Å². The highest BCUT2D eigenvalue weighted by molar-refractivity contribution is 5.42. The minimum atomic E-state index is 0.142. The maximum atomic E-state index is 9.79. The fourth-order valence-electron chi connectivity index (χ4n) is 1.93. The molecule has 1 aliphatic rings. The Morgan fingerprint density at radius 3 is 2.67 bits per heavy atom. The van der Waals surface area contributed by atoms with Gasteiger partial charge < -0.3 is 15.6 Å². The molecule has 1 aliphatic carbocycles. The van der Waals surface area contributed by atoms with Crippen LogP contribution in [0.1, 0.15) is 24.0 Å². The van der Waals surface area contributed by atoms with E-state index in [1.54, 1.807) is 7.11 Å². The van der Waals surface area contributed by atoms with Crippen LogP contribution in [0.5, 0.6) is 5.75 Å². The molecular weight excluding hydrogens is 190 g/mol. The Balaban J connectivity index is 2.25. The van der Waals surface area contributed by atoms with Crippen molar-refractivity contribution >= 4 is 0 Å². The van der Waals surface area contributed by atoms with Crippen LogP contribution in [-0.2, 0) is 16.8 Å². The van der Waals surface area contributed by atoms with Crippen LogP contribution in [0.25, 0.3) is 0 Å². The van der Waals surface area contributed by atoms with Crippen LogP contribution in [0.4, 0.5) is 0 Å². The third-order valence-electron chi connectivity index (χ3n) is 3.24. The van der Waals surface area contributed by atoms with E-state index in [0.717, 1.165) is 24.0 Å². The second kappa shape index (κ2) is 3.83. The standard InChI is InChI=1S/C12H17NO2/c1-15-7-9-2-3-10(6-11(9)14)12(8-13)4-5-12/h2-3,6,14H,4-5,7-8,13H2,1H3. The van der Waals surface area contributed by atoms with Crippen LogP contribution >= 0.6 is 0 Å². The number of aromatic hydroxyl groups is 1. The fraction of sp³-hybridized carbons (Fsp3) is 0.500. The van der Waals surface area contributed by atoms with E-state index in [0.29, 0.717) is 18.9 Å². The van der Waals surface area contributed by atoms with Gasteiger partial charge in [-0.05, 0) is 24.5 Å². The minimum Gasteiger partial charge on any atom is -0.508 e. The lowest BCUT2D eigenvalue weighted by molar-refractivity contribution is 0.182. The SMILES string of the molecule is COCc1ccc(C2(CN)CC2)cc1O.